The summed E-state index contributed by atoms with van der Waals surface area (Å²) in [7, 11) is 1.59. The van der Waals surface area contributed by atoms with Crippen LogP contribution in [-0.4, -0.2) is 38.5 Å². The first-order chi connectivity index (χ1) is 12.7. The van der Waals surface area contributed by atoms with Crippen LogP contribution in [0.15, 0.2) is 47.6 Å². The monoisotopic (exact) mass is 356 g/mol. The topological polar surface area (TPSA) is 78.4 Å². The number of nitrogens with zero attached hydrogens (tertiary/aromatic N) is 1. The summed E-state index contributed by atoms with van der Waals surface area (Å²) >= 11 is 0. The normalized spacial score (nSPS) is 13.1. The molecule has 1 N–H and O–H groups in total. The molecule has 0 bridgehead atoms. The lowest BCUT2D eigenvalue weighted by Gasteiger charge is -2.18. The number of hydrazone groups is 1. The predicted octanol–water partition coefficient (Wildman–Crippen LogP) is 2.39. The maximum Gasteiger partial charge on any atom is 0.277 e. The molecular weight excluding hydrogens is 336 g/mol. The predicted molar refractivity (Wildman–Crippen MR) is 96.3 cm³/mol. The fraction of sp³-hybridized carbons (Fsp3) is 0.263. The van der Waals surface area contributed by atoms with E-state index < -0.39 is 0 Å². The second-order valence-corrected chi connectivity index (χ2v) is 5.55. The molecule has 136 valence electrons. The summed E-state index contributed by atoms with van der Waals surface area (Å²) in [6.45, 7) is 2.73. The van der Waals surface area contributed by atoms with Gasteiger partial charge in [-0.2, -0.15) is 5.10 Å². The van der Waals surface area contributed by atoms with Crippen LogP contribution in [0.2, 0.25) is 0 Å². The van der Waals surface area contributed by atoms with E-state index in [4.69, 9.17) is 18.9 Å². The molecule has 26 heavy (non-hydrogen) atoms. The Morgan fingerprint density at radius 2 is 1.77 bits per heavy atom. The van der Waals surface area contributed by atoms with Gasteiger partial charge in [-0.3, -0.25) is 4.79 Å². The Kier molecular flexibility index (Phi) is 5.58. The minimum atomic E-state index is -0.349. The van der Waals surface area contributed by atoms with E-state index >= 15 is 0 Å². The molecule has 0 aliphatic carbocycles. The second-order valence-electron chi connectivity index (χ2n) is 5.55. The van der Waals surface area contributed by atoms with E-state index in [1.54, 1.807) is 38.3 Å². The van der Waals surface area contributed by atoms with Crippen molar-refractivity contribution in [2.24, 2.45) is 5.10 Å². The zero-order chi connectivity index (χ0) is 18.4. The number of hydrogen-bond donors (Lipinski definition) is 1. The third kappa shape index (κ3) is 4.44. The number of nitrogens with one attached hydrogen (secondary N) is 1. The van der Waals surface area contributed by atoms with Crippen molar-refractivity contribution in [2.75, 3.05) is 26.9 Å². The zero-order valence-electron chi connectivity index (χ0n) is 14.7. The summed E-state index contributed by atoms with van der Waals surface area (Å²) in [4.78, 5) is 11.9. The Bertz CT molecular complexity index is 802. The van der Waals surface area contributed by atoms with Crippen LogP contribution in [0.1, 0.15) is 12.5 Å². The Labute approximate surface area is 151 Å². The molecule has 0 saturated heterocycles. The molecule has 0 spiro atoms. The van der Waals surface area contributed by atoms with Crippen molar-refractivity contribution in [2.45, 2.75) is 6.92 Å². The van der Waals surface area contributed by atoms with Gasteiger partial charge in [0, 0.05) is 5.56 Å². The minimum Gasteiger partial charge on any atom is -0.497 e. The Morgan fingerprint density at radius 3 is 2.50 bits per heavy atom. The van der Waals surface area contributed by atoms with E-state index in [-0.39, 0.29) is 12.5 Å². The van der Waals surface area contributed by atoms with E-state index in [9.17, 15) is 4.79 Å². The summed E-state index contributed by atoms with van der Waals surface area (Å²) < 4.78 is 21.5. The number of hydrogen-bond acceptors (Lipinski definition) is 6. The van der Waals surface area contributed by atoms with Crippen LogP contribution in [-0.2, 0) is 4.79 Å². The molecule has 7 heteroatoms. The fourth-order valence-corrected chi connectivity index (χ4v) is 2.33. The van der Waals surface area contributed by atoms with Gasteiger partial charge in [-0.1, -0.05) is 0 Å². The number of carbonyl (C=O) groups is 1. The number of rotatable bonds is 6. The highest BCUT2D eigenvalue weighted by Crippen LogP contribution is 2.30. The van der Waals surface area contributed by atoms with Crippen LogP contribution in [0, 0.1) is 0 Å². The van der Waals surface area contributed by atoms with Gasteiger partial charge in [-0.05, 0) is 49.4 Å². The van der Waals surface area contributed by atoms with Gasteiger partial charge >= 0.3 is 0 Å². The summed E-state index contributed by atoms with van der Waals surface area (Å²) in [6.07, 6.45) is 0. The maximum absolute atomic E-state index is 11.9. The summed E-state index contributed by atoms with van der Waals surface area (Å²) in [6, 6.07) is 12.5. The molecule has 1 aliphatic rings. The van der Waals surface area contributed by atoms with Crippen molar-refractivity contribution < 1.29 is 23.7 Å². The second kappa shape index (κ2) is 8.24. The standard InChI is InChI=1S/C19H20N2O5/c1-13(14-3-8-17-18(11-14)25-10-9-24-17)20-21-19(22)12-26-16-6-4-15(23-2)5-7-16/h3-8,11H,9-10,12H2,1-2H3,(H,21,22). The molecule has 0 atom stereocenters. The van der Waals surface area contributed by atoms with Crippen LogP contribution in [0.5, 0.6) is 23.0 Å². The highest BCUT2D eigenvalue weighted by atomic mass is 16.6. The first-order valence-corrected chi connectivity index (χ1v) is 8.16. The Balaban J connectivity index is 1.53. The average Bonchev–Trinajstić information content (AvgIpc) is 2.70. The molecule has 1 amide bonds. The van der Waals surface area contributed by atoms with E-state index in [2.05, 4.69) is 10.5 Å². The molecule has 0 unspecified atom stereocenters. The quantitative estimate of drug-likeness (QED) is 0.635. The highest BCUT2D eigenvalue weighted by molar-refractivity contribution is 5.99. The maximum atomic E-state index is 11.9. The van der Waals surface area contributed by atoms with Gasteiger partial charge < -0.3 is 18.9 Å². The molecule has 0 saturated carbocycles. The number of fused-ring (bicyclic) bond motifs is 1. The number of benzene rings is 2. The van der Waals surface area contributed by atoms with Gasteiger partial charge in [0.05, 0.1) is 12.8 Å². The molecular formula is C19H20N2O5. The van der Waals surface area contributed by atoms with Crippen LogP contribution in [0.25, 0.3) is 0 Å². The largest absolute Gasteiger partial charge is 0.497 e. The van der Waals surface area contributed by atoms with Gasteiger partial charge in [0.15, 0.2) is 18.1 Å². The number of carbonyl (C=O) groups excluding carboxylic acids is 1. The van der Waals surface area contributed by atoms with Crippen molar-refractivity contribution in [3.63, 3.8) is 0 Å². The van der Waals surface area contributed by atoms with Gasteiger partial charge in [0.2, 0.25) is 0 Å². The van der Waals surface area contributed by atoms with Crippen LogP contribution in [0.4, 0.5) is 0 Å². The lowest BCUT2D eigenvalue weighted by atomic mass is 10.1. The molecule has 2 aromatic rings. The number of amides is 1. The highest BCUT2D eigenvalue weighted by Gasteiger charge is 2.12. The van der Waals surface area contributed by atoms with Crippen LogP contribution < -0.4 is 24.4 Å². The molecule has 7 nitrogen and oxygen atoms in total. The van der Waals surface area contributed by atoms with Crippen molar-refractivity contribution in [3.05, 3.63) is 48.0 Å². The minimum absolute atomic E-state index is 0.135. The van der Waals surface area contributed by atoms with Crippen molar-refractivity contribution >= 4 is 11.6 Å². The first kappa shape index (κ1) is 17.6. The molecule has 0 fully saturated rings. The summed E-state index contributed by atoms with van der Waals surface area (Å²) in [5.74, 6) is 2.34. The van der Waals surface area contributed by atoms with E-state index in [1.807, 2.05) is 18.2 Å². The molecule has 1 heterocycles. The molecule has 1 aliphatic heterocycles. The Morgan fingerprint density at radius 1 is 1.08 bits per heavy atom. The SMILES string of the molecule is COc1ccc(OCC(=O)NN=C(C)c2ccc3c(c2)OCCO3)cc1. The van der Waals surface area contributed by atoms with Gasteiger partial charge in [-0.25, -0.2) is 5.43 Å². The van der Waals surface area contributed by atoms with Crippen LogP contribution >= 0.6 is 0 Å². The Hall–Kier alpha value is -3.22. The van der Waals surface area contributed by atoms with Crippen molar-refractivity contribution in [1.82, 2.24) is 5.43 Å². The third-order valence-electron chi connectivity index (χ3n) is 3.74. The zero-order valence-corrected chi connectivity index (χ0v) is 14.7. The smallest absolute Gasteiger partial charge is 0.277 e. The van der Waals surface area contributed by atoms with Gasteiger partial charge in [-0.15, -0.1) is 0 Å². The lowest BCUT2D eigenvalue weighted by molar-refractivity contribution is -0.123. The average molecular weight is 356 g/mol. The van der Waals surface area contributed by atoms with E-state index in [0.29, 0.717) is 36.2 Å². The van der Waals surface area contributed by atoms with Crippen LogP contribution in [0.3, 0.4) is 0 Å². The van der Waals surface area contributed by atoms with E-state index in [1.165, 1.54) is 0 Å². The fourth-order valence-electron chi connectivity index (χ4n) is 2.33. The number of methoxy groups -OCH3 is 1. The van der Waals surface area contributed by atoms with Crippen molar-refractivity contribution in [1.29, 1.82) is 0 Å². The molecule has 2 aromatic carbocycles. The summed E-state index contributed by atoms with van der Waals surface area (Å²) in [5.41, 5.74) is 3.97. The molecule has 0 radical (unpaired) electrons. The summed E-state index contributed by atoms with van der Waals surface area (Å²) in [5, 5.41) is 4.10. The van der Waals surface area contributed by atoms with Gasteiger partial charge in [0.25, 0.3) is 5.91 Å². The molecule has 3 rings (SSSR count). The number of ether oxygens (including phenoxy) is 4. The lowest BCUT2D eigenvalue weighted by Crippen LogP contribution is -2.25. The third-order valence-corrected chi connectivity index (χ3v) is 3.74. The van der Waals surface area contributed by atoms with Gasteiger partial charge in [0.1, 0.15) is 24.7 Å². The molecule has 0 aromatic heterocycles. The van der Waals surface area contributed by atoms with E-state index in [0.717, 1.165) is 11.3 Å². The van der Waals surface area contributed by atoms with Crippen molar-refractivity contribution in [3.8, 4) is 23.0 Å². The first-order valence-electron chi connectivity index (χ1n) is 8.16.